The zero-order chi connectivity index (χ0) is 29.1. The number of aryl methyl sites for hydroxylation is 1. The van der Waals surface area contributed by atoms with E-state index in [1.807, 2.05) is 79.7 Å². The van der Waals surface area contributed by atoms with Crippen molar-refractivity contribution in [3.63, 3.8) is 0 Å². The highest BCUT2D eigenvalue weighted by Crippen LogP contribution is 2.21. The Hall–Kier alpha value is -4.44. The standard InChI is InChI=1S/C34H44N7/c1-5-30(29-36-39(4)33-15-11-10-12-16-33)21-25-35-24-13-8-9-14-26-40-27-22-32(23-28-40)38-37-31-17-19-34(20-18-31)41(6-2)7-3/h5,10-12,15-20,22-23,27-29,35H,6-9,13-14,24,26H2,1-4H3/q+1. The molecule has 0 spiro atoms. The Morgan fingerprint density at radius 3 is 2.15 bits per heavy atom. The van der Waals surface area contributed by atoms with Crippen molar-refractivity contribution in [3.8, 4) is 12.0 Å². The van der Waals surface area contributed by atoms with Crippen LogP contribution in [-0.4, -0.2) is 32.9 Å². The third-order valence-corrected chi connectivity index (χ3v) is 6.71. The summed E-state index contributed by atoms with van der Waals surface area (Å²) in [7, 11) is 1.93. The topological polar surface area (TPSA) is 59.5 Å². The van der Waals surface area contributed by atoms with E-state index < -0.39 is 0 Å². The Labute approximate surface area is 246 Å². The number of nitrogens with one attached hydrogen (secondary N) is 1. The second-order valence-electron chi connectivity index (χ2n) is 9.62. The highest BCUT2D eigenvalue weighted by atomic mass is 15.4. The smallest absolute Gasteiger partial charge is 0.171 e. The number of hydrazone groups is 1. The van der Waals surface area contributed by atoms with Gasteiger partial charge in [0, 0.05) is 62.5 Å². The fraction of sp³-hybridized carbons (Fsp3) is 0.353. The Balaban J connectivity index is 1.29. The van der Waals surface area contributed by atoms with Crippen molar-refractivity contribution >= 4 is 29.0 Å². The molecule has 7 nitrogen and oxygen atoms in total. The van der Waals surface area contributed by atoms with Gasteiger partial charge in [0.1, 0.15) is 6.54 Å². The van der Waals surface area contributed by atoms with E-state index >= 15 is 0 Å². The lowest BCUT2D eigenvalue weighted by Crippen LogP contribution is -2.32. The SMILES string of the molecule is CC=C(C#CNCCCCCC[n+]1ccc(N=Nc2ccc(N(CC)CC)cc2)cc1)C=NN(C)c1ccccc1. The van der Waals surface area contributed by atoms with Crippen LogP contribution in [0, 0.1) is 12.0 Å². The molecule has 0 radical (unpaired) electrons. The van der Waals surface area contributed by atoms with Gasteiger partial charge < -0.3 is 10.2 Å². The molecule has 214 valence electrons. The lowest BCUT2D eigenvalue weighted by atomic mass is 10.2. The first kappa shape index (κ1) is 31.1. The third-order valence-electron chi connectivity index (χ3n) is 6.71. The number of azo groups is 1. The first-order valence-corrected chi connectivity index (χ1v) is 14.6. The van der Waals surface area contributed by atoms with Gasteiger partial charge in [-0.2, -0.15) is 15.3 Å². The van der Waals surface area contributed by atoms with E-state index in [0.29, 0.717) is 0 Å². The molecule has 0 fully saturated rings. The van der Waals surface area contributed by atoms with Crippen molar-refractivity contribution in [1.29, 1.82) is 0 Å². The van der Waals surface area contributed by atoms with Crippen LogP contribution in [0.25, 0.3) is 0 Å². The van der Waals surface area contributed by atoms with Crippen LogP contribution in [0.3, 0.4) is 0 Å². The molecule has 0 aliphatic heterocycles. The van der Waals surface area contributed by atoms with E-state index in [0.717, 1.165) is 61.7 Å². The van der Waals surface area contributed by atoms with Crippen molar-refractivity contribution in [2.45, 2.75) is 53.0 Å². The van der Waals surface area contributed by atoms with Gasteiger partial charge in [0.05, 0.1) is 23.3 Å². The number of aromatic nitrogens is 1. The van der Waals surface area contributed by atoms with Gasteiger partial charge in [-0.25, -0.2) is 4.57 Å². The number of unbranched alkanes of at least 4 members (excludes halogenated alkanes) is 3. The minimum absolute atomic E-state index is 0.858. The second-order valence-corrected chi connectivity index (χ2v) is 9.62. The van der Waals surface area contributed by atoms with E-state index in [4.69, 9.17) is 0 Å². The molecule has 7 heteroatoms. The highest BCUT2D eigenvalue weighted by molar-refractivity contribution is 5.85. The number of allylic oxidation sites excluding steroid dienone is 2. The van der Waals surface area contributed by atoms with Crippen molar-refractivity contribution < 1.29 is 4.57 Å². The number of nitrogens with zero attached hydrogens (tertiary/aromatic N) is 6. The van der Waals surface area contributed by atoms with Crippen LogP contribution in [0.2, 0.25) is 0 Å². The highest BCUT2D eigenvalue weighted by Gasteiger charge is 2.03. The first-order chi connectivity index (χ1) is 20.1. The summed E-state index contributed by atoms with van der Waals surface area (Å²) < 4.78 is 2.21. The Kier molecular flexibility index (Phi) is 13.7. The van der Waals surface area contributed by atoms with Gasteiger partial charge in [0.2, 0.25) is 0 Å². The zero-order valence-corrected chi connectivity index (χ0v) is 25.0. The summed E-state index contributed by atoms with van der Waals surface area (Å²) >= 11 is 0. The molecule has 1 aromatic heterocycles. The third kappa shape index (κ3) is 11.3. The molecule has 0 saturated carbocycles. The van der Waals surface area contributed by atoms with Gasteiger partial charge >= 0.3 is 0 Å². The summed E-state index contributed by atoms with van der Waals surface area (Å²) in [4.78, 5) is 2.31. The average Bonchev–Trinajstić information content (AvgIpc) is 3.02. The van der Waals surface area contributed by atoms with Crippen LogP contribution < -0.4 is 19.8 Å². The molecule has 1 heterocycles. The number of hydrogen-bond acceptors (Lipinski definition) is 6. The largest absolute Gasteiger partial charge is 0.372 e. The number of rotatable bonds is 15. The minimum atomic E-state index is 0.858. The summed E-state index contributed by atoms with van der Waals surface area (Å²) in [5.41, 5.74) is 4.86. The number of hydrogen-bond donors (Lipinski definition) is 1. The lowest BCUT2D eigenvalue weighted by molar-refractivity contribution is -0.697. The van der Waals surface area contributed by atoms with Crippen LogP contribution in [0.4, 0.5) is 22.7 Å². The number of pyridine rings is 1. The quantitative estimate of drug-likeness (QED) is 0.0408. The van der Waals surface area contributed by atoms with Crippen LogP contribution in [0.5, 0.6) is 0 Å². The number of benzene rings is 2. The summed E-state index contributed by atoms with van der Waals surface area (Å²) in [6.45, 7) is 10.2. The van der Waals surface area contributed by atoms with E-state index in [1.54, 1.807) is 6.21 Å². The fourth-order valence-corrected chi connectivity index (χ4v) is 4.18. The summed E-state index contributed by atoms with van der Waals surface area (Å²) in [6, 6.07) is 25.4. The van der Waals surface area contributed by atoms with E-state index in [1.165, 1.54) is 18.5 Å². The van der Waals surface area contributed by atoms with Crippen LogP contribution >= 0.6 is 0 Å². The number of anilines is 2. The Bertz CT molecular complexity index is 1300. The summed E-state index contributed by atoms with van der Waals surface area (Å²) in [6.07, 6.45) is 12.5. The molecule has 0 atom stereocenters. The van der Waals surface area contributed by atoms with Gasteiger partial charge in [0.15, 0.2) is 12.4 Å². The van der Waals surface area contributed by atoms with Crippen molar-refractivity contribution in [1.82, 2.24) is 5.32 Å². The van der Waals surface area contributed by atoms with Crippen LogP contribution in [0.15, 0.2) is 106 Å². The fourth-order valence-electron chi connectivity index (χ4n) is 4.18. The predicted molar refractivity (Wildman–Crippen MR) is 172 cm³/mol. The van der Waals surface area contributed by atoms with Crippen molar-refractivity contribution in [2.75, 3.05) is 36.6 Å². The van der Waals surface area contributed by atoms with Gasteiger partial charge in [-0.3, -0.25) is 5.01 Å². The molecule has 0 aliphatic carbocycles. The maximum Gasteiger partial charge on any atom is 0.171 e. The molecular weight excluding hydrogens is 506 g/mol. The molecule has 0 aliphatic rings. The van der Waals surface area contributed by atoms with Gasteiger partial charge in [-0.1, -0.05) is 30.7 Å². The van der Waals surface area contributed by atoms with Crippen molar-refractivity contribution in [2.24, 2.45) is 15.3 Å². The van der Waals surface area contributed by atoms with Crippen molar-refractivity contribution in [3.05, 3.63) is 90.8 Å². The van der Waals surface area contributed by atoms with Gasteiger partial charge in [-0.15, -0.1) is 0 Å². The first-order valence-electron chi connectivity index (χ1n) is 14.6. The number of para-hydroxylation sites is 1. The molecule has 3 aromatic rings. The minimum Gasteiger partial charge on any atom is -0.372 e. The zero-order valence-electron chi connectivity index (χ0n) is 25.0. The molecule has 0 bridgehead atoms. The maximum absolute atomic E-state index is 4.47. The molecule has 1 N–H and O–H groups in total. The average molecular weight is 551 g/mol. The van der Waals surface area contributed by atoms with Gasteiger partial charge in [-0.05, 0) is 75.9 Å². The molecular formula is C34H44N7+. The summed E-state index contributed by atoms with van der Waals surface area (Å²) in [5.74, 6) is 3.14. The monoisotopic (exact) mass is 550 g/mol. The predicted octanol–water partition coefficient (Wildman–Crippen LogP) is 7.42. The van der Waals surface area contributed by atoms with E-state index in [2.05, 4.69) is 80.5 Å². The second kappa shape index (κ2) is 18.0. The van der Waals surface area contributed by atoms with E-state index in [9.17, 15) is 0 Å². The van der Waals surface area contributed by atoms with Crippen LogP contribution in [0.1, 0.15) is 46.5 Å². The molecule has 3 rings (SSSR count). The molecule has 0 amide bonds. The molecule has 0 saturated heterocycles. The lowest BCUT2D eigenvalue weighted by Gasteiger charge is -2.20. The Morgan fingerprint density at radius 2 is 1.49 bits per heavy atom. The molecule has 2 aromatic carbocycles. The van der Waals surface area contributed by atoms with Crippen LogP contribution in [-0.2, 0) is 6.54 Å². The molecule has 41 heavy (non-hydrogen) atoms. The Morgan fingerprint density at radius 1 is 0.829 bits per heavy atom. The summed E-state index contributed by atoms with van der Waals surface area (Å²) in [5, 5.41) is 18.3. The normalized spacial score (nSPS) is 11.5. The maximum atomic E-state index is 4.47. The van der Waals surface area contributed by atoms with Gasteiger partial charge in [0.25, 0.3) is 0 Å². The van der Waals surface area contributed by atoms with E-state index in [-0.39, 0.29) is 0 Å². The molecule has 0 unspecified atom stereocenters.